The normalized spacial score (nSPS) is 12.2. The van der Waals surface area contributed by atoms with Gasteiger partial charge in [0, 0.05) is 26.2 Å². The maximum Gasteiger partial charge on any atom is 0.317 e. The number of hydrogen-bond donors (Lipinski definition) is 2. The Bertz CT molecular complexity index is 384. The molecule has 1 unspecified atom stereocenters. The number of nitrogens with one attached hydrogen (secondary N) is 1. The highest BCUT2D eigenvalue weighted by Gasteiger charge is 2.12. The Labute approximate surface area is 120 Å². The number of urea groups is 1. The van der Waals surface area contributed by atoms with E-state index in [0.29, 0.717) is 13.0 Å². The molecule has 1 aromatic heterocycles. The molecule has 0 bridgehead atoms. The first-order chi connectivity index (χ1) is 8.52. The van der Waals surface area contributed by atoms with Crippen molar-refractivity contribution in [2.24, 2.45) is 0 Å². The summed E-state index contributed by atoms with van der Waals surface area (Å²) in [5.41, 5.74) is 1.12. The molecular formula is C12H19BrN2O2S. The molecule has 0 radical (unpaired) electrons. The topological polar surface area (TPSA) is 52.6 Å². The van der Waals surface area contributed by atoms with Crippen LogP contribution in [-0.2, 0) is 6.54 Å². The highest BCUT2D eigenvalue weighted by Crippen LogP contribution is 2.21. The molecule has 0 fully saturated rings. The monoisotopic (exact) mass is 334 g/mol. The van der Waals surface area contributed by atoms with E-state index < -0.39 is 0 Å². The van der Waals surface area contributed by atoms with Gasteiger partial charge in [0.1, 0.15) is 0 Å². The van der Waals surface area contributed by atoms with Gasteiger partial charge >= 0.3 is 6.03 Å². The number of carbonyl (C=O) groups excluding carboxylic acids is 1. The first-order valence-electron chi connectivity index (χ1n) is 5.88. The number of rotatable bonds is 6. The number of halogens is 1. The average molecular weight is 335 g/mol. The maximum absolute atomic E-state index is 11.9. The number of nitrogens with zero attached hydrogens (tertiary/aromatic N) is 1. The fourth-order valence-electron chi connectivity index (χ4n) is 1.56. The second-order valence-electron chi connectivity index (χ2n) is 4.33. The van der Waals surface area contributed by atoms with Gasteiger partial charge in [-0.15, -0.1) is 11.3 Å². The van der Waals surface area contributed by atoms with Crippen molar-refractivity contribution < 1.29 is 9.90 Å². The van der Waals surface area contributed by atoms with Gasteiger partial charge in [0.05, 0.1) is 3.79 Å². The number of thiophene rings is 1. The predicted molar refractivity (Wildman–Crippen MR) is 77.8 cm³/mol. The van der Waals surface area contributed by atoms with Crippen molar-refractivity contribution in [1.29, 1.82) is 0 Å². The van der Waals surface area contributed by atoms with Crippen molar-refractivity contribution in [2.75, 3.05) is 13.7 Å². The Morgan fingerprint density at radius 1 is 1.67 bits per heavy atom. The molecule has 2 amide bonds. The summed E-state index contributed by atoms with van der Waals surface area (Å²) in [6, 6.07) is 2.02. The number of amides is 2. The minimum absolute atomic E-state index is 0.0808. The molecule has 1 heterocycles. The molecule has 0 spiro atoms. The van der Waals surface area contributed by atoms with E-state index in [2.05, 4.69) is 21.2 Å². The van der Waals surface area contributed by atoms with Crippen molar-refractivity contribution in [3.8, 4) is 0 Å². The predicted octanol–water partition coefficient (Wildman–Crippen LogP) is 2.81. The smallest absolute Gasteiger partial charge is 0.317 e. The summed E-state index contributed by atoms with van der Waals surface area (Å²) in [6.07, 6.45) is 1.50. The molecule has 1 rings (SSSR count). The quantitative estimate of drug-likeness (QED) is 0.840. The highest BCUT2D eigenvalue weighted by molar-refractivity contribution is 9.11. The molecule has 0 aliphatic rings. The van der Waals surface area contributed by atoms with E-state index >= 15 is 0 Å². The molecule has 1 aromatic rings. The van der Waals surface area contributed by atoms with E-state index in [1.807, 2.05) is 18.4 Å². The molecular weight excluding hydrogens is 316 g/mol. The lowest BCUT2D eigenvalue weighted by molar-refractivity contribution is 0.201. The van der Waals surface area contributed by atoms with E-state index in [1.54, 1.807) is 23.3 Å². The van der Waals surface area contributed by atoms with Crippen LogP contribution >= 0.6 is 27.3 Å². The van der Waals surface area contributed by atoms with Gasteiger partial charge < -0.3 is 15.3 Å². The first-order valence-corrected chi connectivity index (χ1v) is 7.55. The third kappa shape index (κ3) is 5.37. The zero-order chi connectivity index (χ0) is 13.5. The van der Waals surface area contributed by atoms with Crippen LogP contribution in [-0.4, -0.2) is 35.7 Å². The minimum Gasteiger partial charge on any atom is -0.396 e. The highest BCUT2D eigenvalue weighted by atomic mass is 79.9. The van der Waals surface area contributed by atoms with Crippen LogP contribution in [0.4, 0.5) is 4.79 Å². The molecule has 102 valence electrons. The Morgan fingerprint density at radius 2 is 2.39 bits per heavy atom. The van der Waals surface area contributed by atoms with Gasteiger partial charge in [-0.2, -0.15) is 0 Å². The van der Waals surface area contributed by atoms with Gasteiger partial charge in [-0.05, 0) is 52.7 Å². The van der Waals surface area contributed by atoms with Gasteiger partial charge in [0.2, 0.25) is 0 Å². The Morgan fingerprint density at radius 3 is 2.94 bits per heavy atom. The molecule has 0 saturated heterocycles. The van der Waals surface area contributed by atoms with Crippen molar-refractivity contribution >= 4 is 33.3 Å². The van der Waals surface area contributed by atoms with E-state index in [0.717, 1.165) is 15.8 Å². The summed E-state index contributed by atoms with van der Waals surface area (Å²) in [5.74, 6) is 0. The average Bonchev–Trinajstić information content (AvgIpc) is 2.72. The van der Waals surface area contributed by atoms with Crippen molar-refractivity contribution in [2.45, 2.75) is 32.4 Å². The van der Waals surface area contributed by atoms with Crippen molar-refractivity contribution in [1.82, 2.24) is 10.2 Å². The fourth-order valence-corrected chi connectivity index (χ4v) is 2.77. The summed E-state index contributed by atoms with van der Waals surface area (Å²) >= 11 is 5.02. The van der Waals surface area contributed by atoms with Crippen LogP contribution in [0.5, 0.6) is 0 Å². The molecule has 2 N–H and O–H groups in total. The van der Waals surface area contributed by atoms with Gasteiger partial charge in [0.15, 0.2) is 0 Å². The summed E-state index contributed by atoms with van der Waals surface area (Å²) in [5, 5.41) is 13.7. The fraction of sp³-hybridized carbons (Fsp3) is 0.583. The number of hydrogen-bond acceptors (Lipinski definition) is 3. The SMILES string of the molecule is CC(CCCO)NC(=O)N(C)Cc1csc(Br)c1. The minimum atomic E-state index is -0.0808. The summed E-state index contributed by atoms with van der Waals surface area (Å²) < 4.78 is 1.07. The molecule has 0 aliphatic heterocycles. The van der Waals surface area contributed by atoms with E-state index in [1.165, 1.54) is 0 Å². The Balaban J connectivity index is 2.36. The Hall–Kier alpha value is -0.590. The van der Waals surface area contributed by atoms with Crippen molar-refractivity contribution in [3.63, 3.8) is 0 Å². The molecule has 0 saturated carbocycles. The van der Waals surface area contributed by atoms with Gasteiger partial charge in [-0.1, -0.05) is 0 Å². The summed E-state index contributed by atoms with van der Waals surface area (Å²) in [6.45, 7) is 2.71. The van der Waals surface area contributed by atoms with Gasteiger partial charge in [0.25, 0.3) is 0 Å². The zero-order valence-corrected chi connectivity index (χ0v) is 13.1. The molecule has 6 heteroatoms. The van der Waals surface area contributed by atoms with Crippen LogP contribution in [0.3, 0.4) is 0 Å². The zero-order valence-electron chi connectivity index (χ0n) is 10.6. The summed E-state index contributed by atoms with van der Waals surface area (Å²) in [7, 11) is 1.78. The van der Waals surface area contributed by atoms with Crippen LogP contribution in [0.25, 0.3) is 0 Å². The lowest BCUT2D eigenvalue weighted by Gasteiger charge is -2.20. The van der Waals surface area contributed by atoms with Crippen LogP contribution in [0.1, 0.15) is 25.3 Å². The van der Waals surface area contributed by atoms with E-state index in [9.17, 15) is 4.79 Å². The van der Waals surface area contributed by atoms with Crippen LogP contribution < -0.4 is 5.32 Å². The van der Waals surface area contributed by atoms with E-state index in [-0.39, 0.29) is 18.7 Å². The van der Waals surface area contributed by atoms with Crippen LogP contribution in [0, 0.1) is 0 Å². The van der Waals surface area contributed by atoms with E-state index in [4.69, 9.17) is 5.11 Å². The first kappa shape index (κ1) is 15.5. The largest absolute Gasteiger partial charge is 0.396 e. The number of carbonyl (C=O) groups is 1. The number of aliphatic hydroxyl groups is 1. The van der Waals surface area contributed by atoms with Crippen molar-refractivity contribution in [3.05, 3.63) is 20.8 Å². The molecule has 4 nitrogen and oxygen atoms in total. The molecule has 1 atom stereocenters. The standard InChI is InChI=1S/C12H19BrN2O2S/c1-9(4-3-5-16)14-12(17)15(2)7-10-6-11(13)18-8-10/h6,8-9,16H,3-5,7H2,1-2H3,(H,14,17). The van der Waals surface area contributed by atoms with Crippen LogP contribution in [0.15, 0.2) is 15.2 Å². The lowest BCUT2D eigenvalue weighted by atomic mass is 10.2. The summed E-state index contributed by atoms with van der Waals surface area (Å²) in [4.78, 5) is 13.5. The van der Waals surface area contributed by atoms with Crippen LogP contribution in [0.2, 0.25) is 0 Å². The number of aliphatic hydroxyl groups excluding tert-OH is 1. The lowest BCUT2D eigenvalue weighted by Crippen LogP contribution is -2.41. The maximum atomic E-state index is 11.9. The Kier molecular flexibility index (Phi) is 6.67. The third-order valence-electron chi connectivity index (χ3n) is 2.55. The molecule has 0 aliphatic carbocycles. The van der Waals surface area contributed by atoms with Gasteiger partial charge in [-0.3, -0.25) is 0 Å². The third-order valence-corrected chi connectivity index (χ3v) is 4.11. The molecule has 18 heavy (non-hydrogen) atoms. The molecule has 0 aromatic carbocycles. The second-order valence-corrected chi connectivity index (χ2v) is 6.62. The van der Waals surface area contributed by atoms with Gasteiger partial charge in [-0.25, -0.2) is 4.79 Å². The second kappa shape index (κ2) is 7.76.